The number of pyridine rings is 1. The highest BCUT2D eigenvalue weighted by Gasteiger charge is 2.16. The highest BCUT2D eigenvalue weighted by atomic mass is 35.5. The van der Waals surface area contributed by atoms with Crippen LogP contribution in [0.4, 0.5) is 0 Å². The molecule has 0 aliphatic heterocycles. The molecule has 0 aliphatic rings. The fraction of sp³-hybridized carbons (Fsp3) is 0.0714. The van der Waals surface area contributed by atoms with E-state index in [2.05, 4.69) is 4.98 Å². The summed E-state index contributed by atoms with van der Waals surface area (Å²) in [6.07, 6.45) is 0.990. The molecule has 0 saturated carbocycles. The van der Waals surface area contributed by atoms with Crippen molar-refractivity contribution in [3.8, 4) is 0 Å². The Morgan fingerprint density at radius 1 is 1.11 bits per heavy atom. The van der Waals surface area contributed by atoms with Crippen LogP contribution in [-0.4, -0.2) is 10.1 Å². The van der Waals surface area contributed by atoms with Crippen molar-refractivity contribution in [1.82, 2.24) is 4.98 Å². The number of hydrogen-bond donors (Lipinski definition) is 1. The first-order chi connectivity index (χ1) is 8.75. The molecule has 0 spiro atoms. The summed E-state index contributed by atoms with van der Waals surface area (Å²) in [5.74, 6) is 0. The van der Waals surface area contributed by atoms with Crippen molar-refractivity contribution < 1.29 is 5.11 Å². The van der Waals surface area contributed by atoms with E-state index in [1.54, 1.807) is 12.3 Å². The molecular weight excluding hydrogens is 266 g/mol. The standard InChI is InChI=1S/C14H10ClNOS/c15-12-6-5-11(18-12)14(17)13-10-4-2-1-3-9(10)7-8-16-13/h1-8,14,17H. The number of benzene rings is 1. The fourth-order valence-electron chi connectivity index (χ4n) is 1.97. The van der Waals surface area contributed by atoms with E-state index in [1.165, 1.54) is 11.3 Å². The van der Waals surface area contributed by atoms with Crippen molar-refractivity contribution >= 4 is 33.7 Å². The number of aromatic nitrogens is 1. The van der Waals surface area contributed by atoms with Gasteiger partial charge in [-0.15, -0.1) is 11.3 Å². The van der Waals surface area contributed by atoms with Gasteiger partial charge in [-0.25, -0.2) is 0 Å². The molecule has 3 aromatic rings. The van der Waals surface area contributed by atoms with Crippen molar-refractivity contribution in [3.05, 3.63) is 63.6 Å². The third-order valence-corrected chi connectivity index (χ3v) is 4.11. The Morgan fingerprint density at radius 3 is 2.72 bits per heavy atom. The number of aliphatic hydroxyl groups excluding tert-OH is 1. The van der Waals surface area contributed by atoms with Gasteiger partial charge in [0, 0.05) is 16.5 Å². The zero-order valence-electron chi connectivity index (χ0n) is 9.38. The van der Waals surface area contributed by atoms with Crippen LogP contribution in [0.2, 0.25) is 4.34 Å². The zero-order chi connectivity index (χ0) is 12.5. The predicted molar refractivity (Wildman–Crippen MR) is 75.1 cm³/mol. The van der Waals surface area contributed by atoms with Gasteiger partial charge in [-0.1, -0.05) is 35.9 Å². The molecule has 0 radical (unpaired) electrons. The SMILES string of the molecule is OC(c1ccc(Cl)s1)c1nccc2ccccc12. The molecule has 0 saturated heterocycles. The van der Waals surface area contributed by atoms with E-state index in [-0.39, 0.29) is 0 Å². The molecule has 2 nitrogen and oxygen atoms in total. The lowest BCUT2D eigenvalue weighted by atomic mass is 10.1. The van der Waals surface area contributed by atoms with Gasteiger partial charge in [-0.3, -0.25) is 4.98 Å². The minimum absolute atomic E-state index is 0.671. The van der Waals surface area contributed by atoms with E-state index in [0.717, 1.165) is 15.6 Å². The molecule has 0 amide bonds. The summed E-state index contributed by atoms with van der Waals surface area (Å²) in [5.41, 5.74) is 0.673. The van der Waals surface area contributed by atoms with Crippen molar-refractivity contribution in [2.24, 2.45) is 0 Å². The van der Waals surface area contributed by atoms with E-state index < -0.39 is 6.10 Å². The normalized spacial score (nSPS) is 12.8. The zero-order valence-corrected chi connectivity index (χ0v) is 10.9. The quantitative estimate of drug-likeness (QED) is 0.766. The maximum Gasteiger partial charge on any atom is 0.131 e. The summed E-state index contributed by atoms with van der Waals surface area (Å²) >= 11 is 7.27. The Bertz CT molecular complexity index is 690. The van der Waals surface area contributed by atoms with Gasteiger partial charge >= 0.3 is 0 Å². The van der Waals surface area contributed by atoms with Gasteiger partial charge in [0.15, 0.2) is 0 Å². The average molecular weight is 276 g/mol. The molecule has 3 rings (SSSR count). The van der Waals surface area contributed by atoms with Crippen molar-refractivity contribution in [1.29, 1.82) is 0 Å². The molecule has 4 heteroatoms. The highest BCUT2D eigenvalue weighted by molar-refractivity contribution is 7.16. The lowest BCUT2D eigenvalue weighted by Gasteiger charge is -2.10. The lowest BCUT2D eigenvalue weighted by molar-refractivity contribution is 0.221. The first-order valence-electron chi connectivity index (χ1n) is 5.52. The third-order valence-electron chi connectivity index (χ3n) is 2.83. The predicted octanol–water partition coefficient (Wildman–Crippen LogP) is 4.03. The van der Waals surface area contributed by atoms with Gasteiger partial charge < -0.3 is 5.11 Å². The van der Waals surface area contributed by atoms with Gasteiger partial charge in [0.05, 0.1) is 10.0 Å². The Morgan fingerprint density at radius 2 is 1.94 bits per heavy atom. The molecule has 2 heterocycles. The number of hydrogen-bond acceptors (Lipinski definition) is 3. The average Bonchev–Trinajstić information content (AvgIpc) is 2.84. The van der Waals surface area contributed by atoms with Crippen molar-refractivity contribution in [2.45, 2.75) is 6.10 Å². The second-order valence-electron chi connectivity index (χ2n) is 3.96. The van der Waals surface area contributed by atoms with E-state index >= 15 is 0 Å². The minimum atomic E-state index is -0.728. The Kier molecular flexibility index (Phi) is 3.04. The molecule has 0 fully saturated rings. The number of halogens is 1. The molecule has 90 valence electrons. The number of thiophene rings is 1. The maximum atomic E-state index is 10.4. The highest BCUT2D eigenvalue weighted by Crippen LogP contribution is 2.32. The second-order valence-corrected chi connectivity index (χ2v) is 5.71. The van der Waals surface area contributed by atoms with Crippen molar-refractivity contribution in [2.75, 3.05) is 0 Å². The first kappa shape index (κ1) is 11.7. The summed E-state index contributed by atoms with van der Waals surface area (Å²) in [5, 5.41) is 12.4. The summed E-state index contributed by atoms with van der Waals surface area (Å²) in [4.78, 5) is 5.12. The van der Waals surface area contributed by atoms with Crippen LogP contribution in [0.5, 0.6) is 0 Å². The van der Waals surface area contributed by atoms with E-state index in [1.807, 2.05) is 36.4 Å². The lowest BCUT2D eigenvalue weighted by Crippen LogP contribution is -2.01. The number of fused-ring (bicyclic) bond motifs is 1. The summed E-state index contributed by atoms with van der Waals surface area (Å²) < 4.78 is 0.671. The third kappa shape index (κ3) is 2.01. The van der Waals surface area contributed by atoms with Crippen LogP contribution >= 0.6 is 22.9 Å². The van der Waals surface area contributed by atoms with Gasteiger partial charge in [0.25, 0.3) is 0 Å². The van der Waals surface area contributed by atoms with Gasteiger partial charge in [0.2, 0.25) is 0 Å². The topological polar surface area (TPSA) is 33.1 Å². The van der Waals surface area contributed by atoms with Crippen LogP contribution in [-0.2, 0) is 0 Å². The van der Waals surface area contributed by atoms with Crippen LogP contribution < -0.4 is 0 Å². The molecule has 1 atom stereocenters. The van der Waals surface area contributed by atoms with Crippen molar-refractivity contribution in [3.63, 3.8) is 0 Å². The van der Waals surface area contributed by atoms with E-state index in [0.29, 0.717) is 10.0 Å². The largest absolute Gasteiger partial charge is 0.381 e. The minimum Gasteiger partial charge on any atom is -0.381 e. The molecule has 1 unspecified atom stereocenters. The molecule has 18 heavy (non-hydrogen) atoms. The number of rotatable bonds is 2. The molecule has 1 N–H and O–H groups in total. The van der Waals surface area contributed by atoms with Crippen LogP contribution in [0.1, 0.15) is 16.7 Å². The maximum absolute atomic E-state index is 10.4. The Labute approximate surface area is 113 Å². The van der Waals surface area contributed by atoms with Crippen LogP contribution in [0.25, 0.3) is 10.8 Å². The Hall–Kier alpha value is -1.42. The van der Waals surface area contributed by atoms with Gasteiger partial charge in [-0.2, -0.15) is 0 Å². The fourth-order valence-corrected chi connectivity index (χ4v) is 3.02. The monoisotopic (exact) mass is 275 g/mol. The Balaban J connectivity index is 2.14. The van der Waals surface area contributed by atoms with Gasteiger partial charge in [0.1, 0.15) is 6.10 Å². The van der Waals surface area contributed by atoms with Gasteiger partial charge in [-0.05, 0) is 23.6 Å². The van der Waals surface area contributed by atoms with Crippen LogP contribution in [0.3, 0.4) is 0 Å². The summed E-state index contributed by atoms with van der Waals surface area (Å²) in [6.45, 7) is 0. The van der Waals surface area contributed by atoms with Crippen LogP contribution in [0.15, 0.2) is 48.7 Å². The summed E-state index contributed by atoms with van der Waals surface area (Å²) in [7, 11) is 0. The molecule has 2 aromatic heterocycles. The van der Waals surface area contributed by atoms with Crippen LogP contribution in [0, 0.1) is 0 Å². The number of aliphatic hydroxyl groups is 1. The molecular formula is C14H10ClNOS. The number of nitrogens with zero attached hydrogens (tertiary/aromatic N) is 1. The molecule has 0 aliphatic carbocycles. The first-order valence-corrected chi connectivity index (χ1v) is 6.72. The van der Waals surface area contributed by atoms with E-state index in [4.69, 9.17) is 11.6 Å². The smallest absolute Gasteiger partial charge is 0.131 e. The van der Waals surface area contributed by atoms with E-state index in [9.17, 15) is 5.11 Å². The summed E-state index contributed by atoms with van der Waals surface area (Å²) in [6, 6.07) is 13.5. The molecule has 0 bridgehead atoms. The molecule has 1 aromatic carbocycles. The second kappa shape index (κ2) is 4.69.